The molecule has 2 rings (SSSR count). The first kappa shape index (κ1) is 14.7. The van der Waals surface area contributed by atoms with Crippen LogP contribution in [0.2, 0.25) is 0 Å². The van der Waals surface area contributed by atoms with Crippen LogP contribution >= 0.6 is 0 Å². The Morgan fingerprint density at radius 1 is 1.15 bits per heavy atom. The molecule has 1 fully saturated rings. The number of piperidine rings is 1. The van der Waals surface area contributed by atoms with Gasteiger partial charge in [-0.1, -0.05) is 36.2 Å². The van der Waals surface area contributed by atoms with Crippen LogP contribution in [0.3, 0.4) is 0 Å². The number of nitrogens with two attached hydrogens (primary N) is 1. The number of aryl methyl sites for hydroxylation is 2. The molecule has 20 heavy (non-hydrogen) atoms. The van der Waals surface area contributed by atoms with Gasteiger partial charge in [-0.2, -0.15) is 0 Å². The van der Waals surface area contributed by atoms with E-state index in [1.54, 1.807) is 0 Å². The van der Waals surface area contributed by atoms with Crippen molar-refractivity contribution in [1.82, 2.24) is 4.90 Å². The summed E-state index contributed by atoms with van der Waals surface area (Å²) in [6.07, 6.45) is 0.872. The van der Waals surface area contributed by atoms with Crippen molar-refractivity contribution in [2.24, 2.45) is 11.7 Å². The van der Waals surface area contributed by atoms with Crippen LogP contribution in [0.1, 0.15) is 42.5 Å². The second-order valence-electron chi connectivity index (χ2n) is 5.94. The molecule has 1 aromatic rings. The molecule has 1 saturated heterocycles. The molecule has 4 nitrogen and oxygen atoms in total. The van der Waals surface area contributed by atoms with Gasteiger partial charge in [0.15, 0.2) is 0 Å². The number of amides is 2. The fourth-order valence-corrected chi connectivity index (χ4v) is 2.76. The minimum Gasteiger partial charge on any atom is -0.322 e. The quantitative estimate of drug-likeness (QED) is 0.858. The normalized spacial score (nSPS) is 18.5. The average molecular weight is 274 g/mol. The summed E-state index contributed by atoms with van der Waals surface area (Å²) in [6.45, 7) is 6.23. The molecule has 0 bridgehead atoms. The highest BCUT2D eigenvalue weighted by atomic mass is 16.2. The number of likely N-dealkylation sites (tertiary alicyclic amines) is 1. The predicted octanol–water partition coefficient (Wildman–Crippen LogP) is 2.09. The zero-order valence-electron chi connectivity index (χ0n) is 12.3. The third-order valence-corrected chi connectivity index (χ3v) is 3.70. The number of hydrogen-bond acceptors (Lipinski definition) is 3. The standard InChI is InChI=1S/C16H22N2O2/c1-10-4-11(2)6-13(5-10)14(17)9-18-15(19)7-12(3)8-16(18)20/h4-6,12,14H,7-9,17H2,1-3H3. The first-order chi connectivity index (χ1) is 9.36. The molecule has 0 aromatic heterocycles. The molecule has 2 amide bonds. The molecule has 108 valence electrons. The Hall–Kier alpha value is -1.68. The van der Waals surface area contributed by atoms with Crippen LogP contribution in [0, 0.1) is 19.8 Å². The molecule has 0 saturated carbocycles. The molecule has 1 aliphatic rings. The van der Waals surface area contributed by atoms with E-state index in [0.717, 1.165) is 16.7 Å². The van der Waals surface area contributed by atoms with Crippen molar-refractivity contribution < 1.29 is 9.59 Å². The van der Waals surface area contributed by atoms with Gasteiger partial charge in [-0.15, -0.1) is 0 Å². The van der Waals surface area contributed by atoms with Crippen LogP contribution in [-0.4, -0.2) is 23.3 Å². The second-order valence-corrected chi connectivity index (χ2v) is 5.94. The molecular weight excluding hydrogens is 252 g/mol. The molecule has 1 aliphatic heterocycles. The van der Waals surface area contributed by atoms with Gasteiger partial charge in [0.1, 0.15) is 0 Å². The molecule has 1 aromatic carbocycles. The van der Waals surface area contributed by atoms with Gasteiger partial charge >= 0.3 is 0 Å². The molecule has 2 N–H and O–H groups in total. The Kier molecular flexibility index (Phi) is 4.23. The monoisotopic (exact) mass is 274 g/mol. The first-order valence-electron chi connectivity index (χ1n) is 7.03. The van der Waals surface area contributed by atoms with Gasteiger partial charge in [-0.05, 0) is 25.3 Å². The highest BCUT2D eigenvalue weighted by Crippen LogP contribution is 2.22. The van der Waals surface area contributed by atoms with Gasteiger partial charge < -0.3 is 5.73 Å². The topological polar surface area (TPSA) is 63.4 Å². The van der Waals surface area contributed by atoms with Gasteiger partial charge in [0.2, 0.25) is 11.8 Å². The van der Waals surface area contributed by atoms with E-state index < -0.39 is 0 Å². The Morgan fingerprint density at radius 2 is 1.65 bits per heavy atom. The molecule has 1 unspecified atom stereocenters. The summed E-state index contributed by atoms with van der Waals surface area (Å²) in [5.41, 5.74) is 9.43. The Labute approximate surface area is 119 Å². The van der Waals surface area contributed by atoms with Crippen molar-refractivity contribution in [3.05, 3.63) is 34.9 Å². The zero-order chi connectivity index (χ0) is 14.9. The lowest BCUT2D eigenvalue weighted by Crippen LogP contribution is -2.45. The number of carbonyl (C=O) groups is 2. The number of rotatable bonds is 3. The van der Waals surface area contributed by atoms with E-state index >= 15 is 0 Å². The van der Waals surface area contributed by atoms with Gasteiger partial charge in [0.25, 0.3) is 0 Å². The summed E-state index contributed by atoms with van der Waals surface area (Å²) in [7, 11) is 0. The van der Waals surface area contributed by atoms with Gasteiger partial charge in [-0.25, -0.2) is 0 Å². The van der Waals surface area contributed by atoms with E-state index in [0.29, 0.717) is 12.8 Å². The van der Waals surface area contributed by atoms with Gasteiger partial charge in [0, 0.05) is 25.4 Å². The minimum absolute atomic E-state index is 0.103. The van der Waals surface area contributed by atoms with Crippen LogP contribution in [0.15, 0.2) is 18.2 Å². The van der Waals surface area contributed by atoms with Crippen LogP contribution in [0.25, 0.3) is 0 Å². The summed E-state index contributed by atoms with van der Waals surface area (Å²) >= 11 is 0. The first-order valence-corrected chi connectivity index (χ1v) is 7.03. The zero-order valence-corrected chi connectivity index (χ0v) is 12.3. The highest BCUT2D eigenvalue weighted by Gasteiger charge is 2.31. The maximum absolute atomic E-state index is 12.0. The molecule has 0 spiro atoms. The third-order valence-electron chi connectivity index (χ3n) is 3.70. The Morgan fingerprint density at radius 3 is 2.15 bits per heavy atom. The Balaban J connectivity index is 2.12. The SMILES string of the molecule is Cc1cc(C)cc(C(N)CN2C(=O)CC(C)CC2=O)c1. The molecule has 4 heteroatoms. The molecule has 1 heterocycles. The van der Waals surface area contributed by atoms with E-state index in [9.17, 15) is 9.59 Å². The summed E-state index contributed by atoms with van der Waals surface area (Å²) in [5, 5.41) is 0. The number of imide groups is 1. The van der Waals surface area contributed by atoms with Crippen LogP contribution in [0.5, 0.6) is 0 Å². The third kappa shape index (κ3) is 3.25. The largest absolute Gasteiger partial charge is 0.322 e. The summed E-state index contributed by atoms with van der Waals surface area (Å²) in [6, 6.07) is 5.78. The lowest BCUT2D eigenvalue weighted by atomic mass is 9.96. The van der Waals surface area contributed by atoms with Crippen molar-refractivity contribution >= 4 is 11.8 Å². The second kappa shape index (κ2) is 5.75. The summed E-state index contributed by atoms with van der Waals surface area (Å²) in [4.78, 5) is 25.3. The predicted molar refractivity (Wildman–Crippen MR) is 78.0 cm³/mol. The van der Waals surface area contributed by atoms with E-state index in [2.05, 4.69) is 6.07 Å². The summed E-state index contributed by atoms with van der Waals surface area (Å²) < 4.78 is 0. The lowest BCUT2D eigenvalue weighted by Gasteiger charge is -2.30. The minimum atomic E-state index is -0.324. The number of carbonyl (C=O) groups excluding carboxylic acids is 2. The van der Waals surface area contributed by atoms with Crippen LogP contribution < -0.4 is 5.73 Å². The Bertz CT molecular complexity index is 501. The van der Waals surface area contributed by atoms with Gasteiger partial charge in [0.05, 0.1) is 0 Å². The van der Waals surface area contributed by atoms with E-state index in [-0.39, 0.29) is 30.3 Å². The van der Waals surface area contributed by atoms with Crippen molar-refractivity contribution in [3.8, 4) is 0 Å². The number of nitrogens with zero attached hydrogens (tertiary/aromatic N) is 1. The average Bonchev–Trinajstić information content (AvgIpc) is 2.32. The lowest BCUT2D eigenvalue weighted by molar-refractivity contribution is -0.150. The van der Waals surface area contributed by atoms with Crippen molar-refractivity contribution in [3.63, 3.8) is 0 Å². The maximum Gasteiger partial charge on any atom is 0.229 e. The van der Waals surface area contributed by atoms with Crippen LogP contribution in [0.4, 0.5) is 0 Å². The summed E-state index contributed by atoms with van der Waals surface area (Å²) in [5.74, 6) is -0.0640. The molecule has 1 atom stereocenters. The van der Waals surface area contributed by atoms with Crippen molar-refractivity contribution in [1.29, 1.82) is 0 Å². The van der Waals surface area contributed by atoms with E-state index in [1.165, 1.54) is 4.90 Å². The van der Waals surface area contributed by atoms with Crippen molar-refractivity contribution in [2.45, 2.75) is 39.7 Å². The van der Waals surface area contributed by atoms with Crippen molar-refractivity contribution in [2.75, 3.05) is 6.54 Å². The molecular formula is C16H22N2O2. The fourth-order valence-electron chi connectivity index (χ4n) is 2.76. The van der Waals surface area contributed by atoms with E-state index in [1.807, 2.05) is 32.9 Å². The maximum atomic E-state index is 12.0. The molecule has 0 aliphatic carbocycles. The highest BCUT2D eigenvalue weighted by molar-refractivity contribution is 5.97. The number of hydrogen-bond donors (Lipinski definition) is 1. The van der Waals surface area contributed by atoms with Crippen LogP contribution in [-0.2, 0) is 9.59 Å². The van der Waals surface area contributed by atoms with Gasteiger partial charge in [-0.3, -0.25) is 14.5 Å². The number of benzene rings is 1. The molecule has 0 radical (unpaired) electrons. The fraction of sp³-hybridized carbons (Fsp3) is 0.500. The smallest absolute Gasteiger partial charge is 0.229 e. The van der Waals surface area contributed by atoms with E-state index in [4.69, 9.17) is 5.73 Å².